The normalized spacial score (nSPS) is 11.3. The van der Waals surface area contributed by atoms with Crippen LogP contribution in [-0.4, -0.2) is 51.8 Å². The van der Waals surface area contributed by atoms with Crippen molar-refractivity contribution in [1.29, 1.82) is 0 Å². The number of anilines is 1. The van der Waals surface area contributed by atoms with E-state index in [1.807, 2.05) is 0 Å². The van der Waals surface area contributed by atoms with Gasteiger partial charge in [0.05, 0.1) is 34.9 Å². The lowest BCUT2D eigenvalue weighted by Crippen LogP contribution is -2.36. The van der Waals surface area contributed by atoms with Crippen molar-refractivity contribution in [3.05, 3.63) is 65.8 Å². The van der Waals surface area contributed by atoms with Gasteiger partial charge in [-0.3, -0.25) is 9.59 Å². The molecule has 3 aromatic rings. The summed E-state index contributed by atoms with van der Waals surface area (Å²) in [5.41, 5.74) is 1.30. The zero-order valence-corrected chi connectivity index (χ0v) is 19.0. The highest BCUT2D eigenvalue weighted by molar-refractivity contribution is 7.99. The van der Waals surface area contributed by atoms with Gasteiger partial charge < -0.3 is 14.8 Å². The summed E-state index contributed by atoms with van der Waals surface area (Å²) < 4.78 is 40.6. The number of imidazole rings is 1. The Morgan fingerprint density at radius 1 is 1.12 bits per heavy atom. The van der Waals surface area contributed by atoms with Gasteiger partial charge in [0.2, 0.25) is 11.8 Å². The molecule has 0 saturated heterocycles. The predicted molar refractivity (Wildman–Crippen MR) is 122 cm³/mol. The van der Waals surface area contributed by atoms with Crippen molar-refractivity contribution in [2.45, 2.75) is 17.9 Å². The molecule has 0 saturated carbocycles. The Balaban J connectivity index is 1.65. The van der Waals surface area contributed by atoms with Crippen LogP contribution < -0.4 is 5.32 Å². The monoisotopic (exact) mass is 496 g/mol. The van der Waals surface area contributed by atoms with Crippen molar-refractivity contribution < 1.29 is 22.8 Å². The summed E-state index contributed by atoms with van der Waals surface area (Å²) in [6, 6.07) is 15.3. The highest BCUT2D eigenvalue weighted by atomic mass is 35.5. The quantitative estimate of drug-likeness (QED) is 0.448. The molecule has 0 spiro atoms. The average Bonchev–Trinajstić information content (AvgIpc) is 3.14. The number of hydrogen-bond acceptors (Lipinski definition) is 4. The number of likely N-dealkylation sites (N-methyl/N-ethyl adjacent to an activating group) is 1. The van der Waals surface area contributed by atoms with Crippen LogP contribution in [0.5, 0.6) is 0 Å². The third-order valence-corrected chi connectivity index (χ3v) is 5.81. The third kappa shape index (κ3) is 7.00. The summed E-state index contributed by atoms with van der Waals surface area (Å²) in [5.74, 6) is -1.06. The van der Waals surface area contributed by atoms with Gasteiger partial charge in [-0.2, -0.15) is 13.2 Å². The van der Waals surface area contributed by atoms with Crippen molar-refractivity contribution in [1.82, 2.24) is 14.5 Å². The number of alkyl halides is 3. The molecule has 174 valence electrons. The Morgan fingerprint density at radius 3 is 2.45 bits per heavy atom. The number of para-hydroxylation sites is 1. The molecule has 0 unspecified atom stereocenters. The fourth-order valence-corrected chi connectivity index (χ4v) is 4.04. The summed E-state index contributed by atoms with van der Waals surface area (Å²) in [7, 11) is 1.44. The number of nitrogens with zero attached hydrogens (tertiary/aromatic N) is 3. The van der Waals surface area contributed by atoms with E-state index in [1.54, 1.807) is 54.6 Å². The number of carbonyl (C=O) groups is 2. The molecular weight excluding hydrogens is 477 g/mol. The van der Waals surface area contributed by atoms with Gasteiger partial charge in [-0.15, -0.1) is 0 Å². The zero-order chi connectivity index (χ0) is 24.0. The maximum absolute atomic E-state index is 13.2. The lowest BCUT2D eigenvalue weighted by Gasteiger charge is -2.18. The van der Waals surface area contributed by atoms with Gasteiger partial charge in [-0.05, 0) is 17.7 Å². The maximum atomic E-state index is 13.2. The topological polar surface area (TPSA) is 67.2 Å². The van der Waals surface area contributed by atoms with Crippen LogP contribution in [-0.2, 0) is 16.1 Å². The molecular formula is C22H20ClF3N4O2S. The highest BCUT2D eigenvalue weighted by Crippen LogP contribution is 2.30. The first-order valence-corrected chi connectivity index (χ1v) is 11.1. The van der Waals surface area contributed by atoms with Crippen LogP contribution >= 0.6 is 23.4 Å². The molecule has 6 nitrogen and oxygen atoms in total. The van der Waals surface area contributed by atoms with Gasteiger partial charge in [0.25, 0.3) is 0 Å². The summed E-state index contributed by atoms with van der Waals surface area (Å²) in [6.45, 7) is -1.47. The first-order chi connectivity index (χ1) is 15.6. The number of nitrogens with one attached hydrogen (secondary N) is 1. The van der Waals surface area contributed by atoms with E-state index in [-0.39, 0.29) is 17.5 Å². The molecule has 1 N–H and O–H groups in total. The number of rotatable bonds is 8. The van der Waals surface area contributed by atoms with Crippen LogP contribution in [0.2, 0.25) is 5.02 Å². The Morgan fingerprint density at radius 2 is 1.79 bits per heavy atom. The largest absolute Gasteiger partial charge is 0.406 e. The van der Waals surface area contributed by atoms with Gasteiger partial charge in [0.1, 0.15) is 6.54 Å². The Bertz CT molecular complexity index is 1120. The molecule has 0 bridgehead atoms. The minimum absolute atomic E-state index is 0.0634. The highest BCUT2D eigenvalue weighted by Gasteiger charge is 2.31. The molecule has 2 aromatic carbocycles. The van der Waals surface area contributed by atoms with Crippen molar-refractivity contribution in [3.63, 3.8) is 0 Å². The molecule has 3 rings (SSSR count). The smallest absolute Gasteiger partial charge is 0.336 e. The van der Waals surface area contributed by atoms with Crippen molar-refractivity contribution >= 4 is 40.9 Å². The van der Waals surface area contributed by atoms with Crippen LogP contribution in [0.3, 0.4) is 0 Å². The van der Waals surface area contributed by atoms with E-state index in [0.29, 0.717) is 22.0 Å². The fraction of sp³-hybridized carbons (Fsp3) is 0.227. The van der Waals surface area contributed by atoms with E-state index in [1.165, 1.54) is 18.1 Å². The number of benzene rings is 2. The molecule has 1 aromatic heterocycles. The first-order valence-electron chi connectivity index (χ1n) is 9.73. The number of aromatic nitrogens is 2. The molecule has 0 aliphatic heterocycles. The predicted octanol–water partition coefficient (Wildman–Crippen LogP) is 4.96. The molecule has 0 radical (unpaired) electrons. The molecule has 33 heavy (non-hydrogen) atoms. The van der Waals surface area contributed by atoms with E-state index in [2.05, 4.69) is 10.3 Å². The number of halogens is 4. The van der Waals surface area contributed by atoms with Crippen LogP contribution in [0.4, 0.5) is 18.9 Å². The Hall–Kier alpha value is -2.98. The first kappa shape index (κ1) is 24.7. The maximum Gasteiger partial charge on any atom is 0.406 e. The number of carbonyl (C=O) groups excluding carboxylic acids is 2. The van der Waals surface area contributed by atoms with Crippen molar-refractivity contribution in [3.8, 4) is 11.3 Å². The van der Waals surface area contributed by atoms with Crippen LogP contribution in [0.15, 0.2) is 66.0 Å². The van der Waals surface area contributed by atoms with Gasteiger partial charge in [-0.1, -0.05) is 65.8 Å². The Kier molecular flexibility index (Phi) is 8.04. The number of amides is 2. The van der Waals surface area contributed by atoms with E-state index >= 15 is 0 Å². The van der Waals surface area contributed by atoms with Crippen LogP contribution in [0.1, 0.15) is 0 Å². The standard InChI is InChI=1S/C22H20ClF3N4O2S/c1-29(12-19(31)28-17-10-6-5-9-16(17)23)20(32)13-33-21-27-11-18(15-7-3-2-4-8-15)30(21)14-22(24,25)26/h2-11H,12-14H2,1H3,(H,28,31). The van der Waals surface area contributed by atoms with Gasteiger partial charge >= 0.3 is 6.18 Å². The molecule has 0 atom stereocenters. The van der Waals surface area contributed by atoms with Gasteiger partial charge in [0.15, 0.2) is 5.16 Å². The van der Waals surface area contributed by atoms with Crippen molar-refractivity contribution in [2.75, 3.05) is 24.7 Å². The minimum Gasteiger partial charge on any atom is -0.336 e. The zero-order valence-electron chi connectivity index (χ0n) is 17.5. The second-order valence-corrected chi connectivity index (χ2v) is 8.41. The van der Waals surface area contributed by atoms with E-state index < -0.39 is 24.5 Å². The van der Waals surface area contributed by atoms with Gasteiger partial charge in [0, 0.05) is 7.05 Å². The van der Waals surface area contributed by atoms with E-state index in [0.717, 1.165) is 16.3 Å². The summed E-state index contributed by atoms with van der Waals surface area (Å²) >= 11 is 6.88. The molecule has 2 amide bonds. The van der Waals surface area contributed by atoms with Gasteiger partial charge in [-0.25, -0.2) is 4.98 Å². The summed E-state index contributed by atoms with van der Waals surface area (Å²) in [6.07, 6.45) is -3.11. The molecule has 1 heterocycles. The van der Waals surface area contributed by atoms with E-state index in [9.17, 15) is 22.8 Å². The molecule has 11 heteroatoms. The number of hydrogen-bond donors (Lipinski definition) is 1. The van der Waals surface area contributed by atoms with Crippen LogP contribution in [0, 0.1) is 0 Å². The second-order valence-electron chi connectivity index (χ2n) is 7.06. The molecule has 0 fully saturated rings. The minimum atomic E-state index is -4.46. The third-order valence-electron chi connectivity index (χ3n) is 4.51. The summed E-state index contributed by atoms with van der Waals surface area (Å²) in [4.78, 5) is 30.0. The lowest BCUT2D eigenvalue weighted by molar-refractivity contribution is -0.141. The number of thioether (sulfide) groups is 1. The van der Waals surface area contributed by atoms with E-state index in [4.69, 9.17) is 11.6 Å². The average molecular weight is 497 g/mol. The molecule has 0 aliphatic carbocycles. The summed E-state index contributed by atoms with van der Waals surface area (Å²) in [5, 5.41) is 3.04. The second kappa shape index (κ2) is 10.8. The molecule has 0 aliphatic rings. The van der Waals surface area contributed by atoms with Crippen molar-refractivity contribution in [2.24, 2.45) is 0 Å². The van der Waals surface area contributed by atoms with Crippen LogP contribution in [0.25, 0.3) is 11.3 Å². The fourth-order valence-electron chi connectivity index (χ4n) is 2.94. The SMILES string of the molecule is CN(CC(=O)Nc1ccccc1Cl)C(=O)CSc1ncc(-c2ccccc2)n1CC(F)(F)F. The Labute approximate surface area is 197 Å². The lowest BCUT2D eigenvalue weighted by atomic mass is 10.2.